The van der Waals surface area contributed by atoms with Crippen LogP contribution in [0.4, 0.5) is 37.5 Å². The SMILES string of the molecule is Nc1c(Nc2cc(F)ccc2F)ncnc1N1CCc2ccccc21. The molecule has 0 saturated heterocycles. The molecule has 0 unspecified atom stereocenters. The highest BCUT2D eigenvalue weighted by Crippen LogP contribution is 2.38. The average Bonchev–Trinajstić information content (AvgIpc) is 3.04. The predicted octanol–water partition coefficient (Wildman–Crippen LogP) is 3.77. The third kappa shape index (κ3) is 2.73. The first-order chi connectivity index (χ1) is 12.1. The highest BCUT2D eigenvalue weighted by molar-refractivity contribution is 5.83. The lowest BCUT2D eigenvalue weighted by atomic mass is 10.2. The van der Waals surface area contributed by atoms with E-state index < -0.39 is 11.6 Å². The monoisotopic (exact) mass is 339 g/mol. The lowest BCUT2D eigenvalue weighted by Crippen LogP contribution is -2.17. The summed E-state index contributed by atoms with van der Waals surface area (Å²) in [5.74, 6) is -0.365. The van der Waals surface area contributed by atoms with Crippen molar-refractivity contribution in [3.8, 4) is 0 Å². The maximum absolute atomic E-state index is 13.9. The minimum Gasteiger partial charge on any atom is -0.393 e. The Kier molecular flexibility index (Phi) is 3.68. The Balaban J connectivity index is 1.71. The fourth-order valence-electron chi connectivity index (χ4n) is 2.98. The van der Waals surface area contributed by atoms with Crippen LogP contribution in [0.5, 0.6) is 0 Å². The summed E-state index contributed by atoms with van der Waals surface area (Å²) < 4.78 is 27.2. The Morgan fingerprint density at radius 3 is 2.80 bits per heavy atom. The first-order valence-electron chi connectivity index (χ1n) is 7.81. The number of rotatable bonds is 3. The normalized spacial score (nSPS) is 13.0. The lowest BCUT2D eigenvalue weighted by Gasteiger charge is -2.21. The van der Waals surface area contributed by atoms with Gasteiger partial charge in [0.15, 0.2) is 11.6 Å². The van der Waals surface area contributed by atoms with E-state index in [-0.39, 0.29) is 17.2 Å². The molecule has 2 heterocycles. The molecule has 3 aromatic rings. The van der Waals surface area contributed by atoms with E-state index in [9.17, 15) is 8.78 Å². The first-order valence-corrected chi connectivity index (χ1v) is 7.81. The number of hydrogen-bond acceptors (Lipinski definition) is 5. The molecular formula is C18H15F2N5. The molecule has 0 saturated carbocycles. The Morgan fingerprint density at radius 2 is 1.92 bits per heavy atom. The van der Waals surface area contributed by atoms with Gasteiger partial charge in [-0.3, -0.25) is 0 Å². The smallest absolute Gasteiger partial charge is 0.161 e. The van der Waals surface area contributed by atoms with Crippen LogP contribution in [0.3, 0.4) is 0 Å². The molecule has 25 heavy (non-hydrogen) atoms. The van der Waals surface area contributed by atoms with Crippen LogP contribution in [0, 0.1) is 11.6 Å². The van der Waals surface area contributed by atoms with Gasteiger partial charge in [-0.2, -0.15) is 0 Å². The summed E-state index contributed by atoms with van der Waals surface area (Å²) in [6.45, 7) is 0.744. The van der Waals surface area contributed by atoms with Crippen LogP contribution < -0.4 is 16.0 Å². The highest BCUT2D eigenvalue weighted by Gasteiger charge is 2.24. The van der Waals surface area contributed by atoms with E-state index >= 15 is 0 Å². The molecule has 126 valence electrons. The molecule has 0 aliphatic carbocycles. The van der Waals surface area contributed by atoms with Gasteiger partial charge in [0.2, 0.25) is 0 Å². The Hall–Kier alpha value is -3.22. The fourth-order valence-corrected chi connectivity index (χ4v) is 2.98. The molecule has 0 amide bonds. The van der Waals surface area contributed by atoms with Crippen molar-refractivity contribution in [3.63, 3.8) is 0 Å². The number of anilines is 5. The van der Waals surface area contributed by atoms with Gasteiger partial charge in [0.1, 0.15) is 23.6 Å². The standard InChI is InChI=1S/C18H15F2N5/c19-12-5-6-13(20)14(9-12)24-17-16(21)18(23-10-22-17)25-8-7-11-3-1-2-4-15(11)25/h1-6,9-10H,7-8,21H2,(H,22,23,24). The second-order valence-electron chi connectivity index (χ2n) is 5.74. The molecule has 1 aliphatic rings. The molecule has 5 nitrogen and oxygen atoms in total. The minimum atomic E-state index is -0.590. The first kappa shape index (κ1) is 15.3. The van der Waals surface area contributed by atoms with Gasteiger partial charge in [-0.1, -0.05) is 18.2 Å². The van der Waals surface area contributed by atoms with Crippen LogP contribution in [0.2, 0.25) is 0 Å². The number of hydrogen-bond donors (Lipinski definition) is 2. The molecule has 4 rings (SSSR count). The predicted molar refractivity (Wildman–Crippen MR) is 93.2 cm³/mol. The van der Waals surface area contributed by atoms with Gasteiger partial charge in [-0.25, -0.2) is 18.7 Å². The Morgan fingerprint density at radius 1 is 1.08 bits per heavy atom. The van der Waals surface area contributed by atoms with Crippen LogP contribution >= 0.6 is 0 Å². The number of para-hydroxylation sites is 1. The van der Waals surface area contributed by atoms with E-state index in [0.29, 0.717) is 5.82 Å². The van der Waals surface area contributed by atoms with Crippen molar-refractivity contribution in [1.29, 1.82) is 0 Å². The summed E-state index contributed by atoms with van der Waals surface area (Å²) in [4.78, 5) is 10.4. The van der Waals surface area contributed by atoms with Crippen molar-refractivity contribution in [3.05, 3.63) is 66.0 Å². The maximum atomic E-state index is 13.9. The zero-order chi connectivity index (χ0) is 17.4. The van der Waals surface area contributed by atoms with Crippen molar-refractivity contribution in [2.45, 2.75) is 6.42 Å². The molecule has 3 N–H and O–H groups in total. The number of benzene rings is 2. The Labute approximate surface area is 143 Å². The summed E-state index contributed by atoms with van der Waals surface area (Å²) in [6, 6.07) is 11.2. The molecule has 0 fully saturated rings. The van der Waals surface area contributed by atoms with Crippen molar-refractivity contribution in [2.24, 2.45) is 0 Å². The van der Waals surface area contributed by atoms with Crippen molar-refractivity contribution < 1.29 is 8.78 Å². The second kappa shape index (κ2) is 6.01. The van der Waals surface area contributed by atoms with E-state index in [4.69, 9.17) is 5.73 Å². The number of nitrogens with two attached hydrogens (primary N) is 1. The topological polar surface area (TPSA) is 67.1 Å². The quantitative estimate of drug-likeness (QED) is 0.760. The van der Waals surface area contributed by atoms with Crippen molar-refractivity contribution >= 4 is 28.7 Å². The summed E-state index contributed by atoms with van der Waals surface area (Å²) in [7, 11) is 0. The summed E-state index contributed by atoms with van der Waals surface area (Å²) in [5.41, 5.74) is 8.71. The zero-order valence-electron chi connectivity index (χ0n) is 13.2. The Bertz CT molecular complexity index is 944. The van der Waals surface area contributed by atoms with E-state index in [1.54, 1.807) is 0 Å². The maximum Gasteiger partial charge on any atom is 0.161 e. The molecule has 0 radical (unpaired) electrons. The van der Waals surface area contributed by atoms with Crippen LogP contribution in [0.15, 0.2) is 48.8 Å². The summed E-state index contributed by atoms with van der Waals surface area (Å²) in [6.07, 6.45) is 2.24. The van der Waals surface area contributed by atoms with Gasteiger partial charge in [0.05, 0.1) is 5.69 Å². The number of nitrogens with zero attached hydrogens (tertiary/aromatic N) is 3. The van der Waals surface area contributed by atoms with E-state index in [1.165, 1.54) is 11.9 Å². The minimum absolute atomic E-state index is 0.0295. The average molecular weight is 339 g/mol. The van der Waals surface area contributed by atoms with Crippen LogP contribution in [-0.4, -0.2) is 16.5 Å². The second-order valence-corrected chi connectivity index (χ2v) is 5.74. The summed E-state index contributed by atoms with van der Waals surface area (Å²) >= 11 is 0. The third-order valence-corrected chi connectivity index (χ3v) is 4.19. The van der Waals surface area contributed by atoms with Crippen LogP contribution in [0.1, 0.15) is 5.56 Å². The number of aromatic nitrogens is 2. The van der Waals surface area contributed by atoms with Gasteiger partial charge in [-0.15, -0.1) is 0 Å². The van der Waals surface area contributed by atoms with Crippen molar-refractivity contribution in [1.82, 2.24) is 9.97 Å². The molecule has 1 aliphatic heterocycles. The molecule has 0 bridgehead atoms. The largest absolute Gasteiger partial charge is 0.393 e. The van der Waals surface area contributed by atoms with Crippen LogP contribution in [-0.2, 0) is 6.42 Å². The zero-order valence-corrected chi connectivity index (χ0v) is 13.2. The molecule has 0 atom stereocenters. The molecule has 2 aromatic carbocycles. The van der Waals surface area contributed by atoms with Gasteiger partial charge in [0.25, 0.3) is 0 Å². The van der Waals surface area contributed by atoms with Crippen LogP contribution in [0.25, 0.3) is 0 Å². The number of nitrogen functional groups attached to an aromatic ring is 1. The molecule has 0 spiro atoms. The number of halogens is 2. The molecule has 7 heteroatoms. The lowest BCUT2D eigenvalue weighted by molar-refractivity contribution is 0.603. The summed E-state index contributed by atoms with van der Waals surface area (Å²) in [5, 5.41) is 2.75. The van der Waals surface area contributed by atoms with E-state index in [1.807, 2.05) is 23.1 Å². The van der Waals surface area contributed by atoms with E-state index in [2.05, 4.69) is 21.4 Å². The molecule has 1 aromatic heterocycles. The van der Waals surface area contributed by atoms with Crippen molar-refractivity contribution in [2.75, 3.05) is 22.5 Å². The van der Waals surface area contributed by atoms with E-state index in [0.717, 1.165) is 36.9 Å². The number of nitrogens with one attached hydrogen (secondary N) is 1. The molecular weight excluding hydrogens is 324 g/mol. The highest BCUT2D eigenvalue weighted by atomic mass is 19.1. The van der Waals surface area contributed by atoms with Gasteiger partial charge in [0, 0.05) is 18.3 Å². The van der Waals surface area contributed by atoms with Gasteiger partial charge in [-0.05, 0) is 30.2 Å². The fraction of sp³-hybridized carbons (Fsp3) is 0.111. The van der Waals surface area contributed by atoms with Gasteiger partial charge < -0.3 is 16.0 Å². The number of fused-ring (bicyclic) bond motifs is 1. The third-order valence-electron chi connectivity index (χ3n) is 4.19. The van der Waals surface area contributed by atoms with Gasteiger partial charge >= 0.3 is 0 Å².